The second-order valence-electron chi connectivity index (χ2n) is 7.04. The van der Waals surface area contributed by atoms with Gasteiger partial charge in [0.2, 0.25) is 5.76 Å². The maximum Gasteiger partial charge on any atom is 0.290 e. The van der Waals surface area contributed by atoms with Gasteiger partial charge in [-0.25, -0.2) is 4.39 Å². The van der Waals surface area contributed by atoms with Crippen molar-refractivity contribution in [2.45, 2.75) is 6.04 Å². The molecule has 1 aromatic heterocycles. The second kappa shape index (κ2) is 7.04. The Kier molecular flexibility index (Phi) is 4.69. The number of likely N-dealkylation sites (N-methyl/N-ethyl adjacent to an activating group) is 1. The molecular formula is C21H18ClFN2O3. The van der Waals surface area contributed by atoms with E-state index in [4.69, 9.17) is 16.0 Å². The van der Waals surface area contributed by atoms with Crippen LogP contribution in [-0.4, -0.2) is 42.9 Å². The minimum absolute atomic E-state index is 0.0353. The van der Waals surface area contributed by atoms with Crippen LogP contribution in [0.25, 0.3) is 11.0 Å². The van der Waals surface area contributed by atoms with E-state index in [0.29, 0.717) is 18.1 Å². The minimum Gasteiger partial charge on any atom is -0.450 e. The van der Waals surface area contributed by atoms with Crippen LogP contribution >= 0.6 is 11.6 Å². The van der Waals surface area contributed by atoms with Crippen LogP contribution in [-0.2, 0) is 0 Å². The Hall–Kier alpha value is -2.70. The van der Waals surface area contributed by atoms with Crippen molar-refractivity contribution in [3.63, 3.8) is 0 Å². The van der Waals surface area contributed by atoms with Crippen molar-refractivity contribution in [1.29, 1.82) is 0 Å². The fraction of sp³-hybridized carbons (Fsp3) is 0.238. The van der Waals surface area contributed by atoms with Gasteiger partial charge in [-0.3, -0.25) is 9.59 Å². The summed E-state index contributed by atoms with van der Waals surface area (Å²) in [7, 11) is 3.76. The summed E-state index contributed by atoms with van der Waals surface area (Å²) in [4.78, 5) is 29.8. The largest absolute Gasteiger partial charge is 0.450 e. The molecule has 0 radical (unpaired) electrons. The molecule has 0 spiro atoms. The van der Waals surface area contributed by atoms with Gasteiger partial charge >= 0.3 is 0 Å². The number of hydrogen-bond acceptors (Lipinski definition) is 4. The first-order valence-electron chi connectivity index (χ1n) is 8.85. The van der Waals surface area contributed by atoms with E-state index in [-0.39, 0.29) is 33.3 Å². The molecule has 28 heavy (non-hydrogen) atoms. The van der Waals surface area contributed by atoms with Crippen molar-refractivity contribution < 1.29 is 13.6 Å². The molecule has 0 fully saturated rings. The molecule has 2 heterocycles. The molecule has 0 aliphatic carbocycles. The number of carbonyl (C=O) groups is 1. The lowest BCUT2D eigenvalue weighted by atomic mass is 9.98. The molecule has 2 aromatic carbocycles. The van der Waals surface area contributed by atoms with Crippen LogP contribution in [0.1, 0.15) is 27.7 Å². The number of benzene rings is 2. The highest BCUT2D eigenvalue weighted by Crippen LogP contribution is 2.39. The summed E-state index contributed by atoms with van der Waals surface area (Å²) in [5.74, 6) is -0.931. The second-order valence-corrected chi connectivity index (χ2v) is 7.48. The Morgan fingerprint density at radius 2 is 1.93 bits per heavy atom. The summed E-state index contributed by atoms with van der Waals surface area (Å²) in [5.41, 5.74) is 0.335. The van der Waals surface area contributed by atoms with Gasteiger partial charge in [-0.05, 0) is 38.4 Å². The number of fused-ring (bicyclic) bond motifs is 2. The molecule has 0 N–H and O–H groups in total. The van der Waals surface area contributed by atoms with Crippen LogP contribution in [0.5, 0.6) is 0 Å². The number of amides is 1. The Balaban J connectivity index is 1.97. The molecule has 1 aliphatic rings. The van der Waals surface area contributed by atoms with Crippen LogP contribution < -0.4 is 5.43 Å². The monoisotopic (exact) mass is 400 g/mol. The van der Waals surface area contributed by atoms with Crippen molar-refractivity contribution >= 4 is 28.5 Å². The average Bonchev–Trinajstić information content (AvgIpc) is 2.93. The zero-order chi connectivity index (χ0) is 20.0. The molecule has 0 saturated heterocycles. The standard InChI is InChI=1S/C21H18ClFN2O3/c1-24(2)9-10-25-18(13-5-3-4-6-15(13)23)17-19(26)14-11-12(22)7-8-16(14)28-20(17)21(25)27/h3-8,11,18H,9-10H2,1-2H3. The van der Waals surface area contributed by atoms with Crippen molar-refractivity contribution in [2.24, 2.45) is 0 Å². The van der Waals surface area contributed by atoms with Crippen LogP contribution in [0, 0.1) is 5.82 Å². The van der Waals surface area contributed by atoms with E-state index in [1.54, 1.807) is 30.3 Å². The van der Waals surface area contributed by atoms with Crippen molar-refractivity contribution in [2.75, 3.05) is 27.2 Å². The van der Waals surface area contributed by atoms with Crippen molar-refractivity contribution in [3.8, 4) is 0 Å². The zero-order valence-corrected chi connectivity index (χ0v) is 16.2. The highest BCUT2D eigenvalue weighted by atomic mass is 35.5. The third-order valence-electron chi connectivity index (χ3n) is 4.92. The number of rotatable bonds is 4. The van der Waals surface area contributed by atoms with E-state index in [0.717, 1.165) is 0 Å². The Morgan fingerprint density at radius 3 is 2.64 bits per heavy atom. The normalized spacial score (nSPS) is 16.2. The fourth-order valence-corrected chi connectivity index (χ4v) is 3.72. The molecule has 1 aliphatic heterocycles. The first kappa shape index (κ1) is 18.7. The van der Waals surface area contributed by atoms with Gasteiger partial charge in [-0.1, -0.05) is 29.8 Å². The minimum atomic E-state index is -0.844. The van der Waals surface area contributed by atoms with Gasteiger partial charge in [0, 0.05) is 23.7 Å². The van der Waals surface area contributed by atoms with Crippen molar-refractivity contribution in [1.82, 2.24) is 9.80 Å². The smallest absolute Gasteiger partial charge is 0.290 e. The molecule has 7 heteroatoms. The third-order valence-corrected chi connectivity index (χ3v) is 5.15. The lowest BCUT2D eigenvalue weighted by Gasteiger charge is -2.26. The summed E-state index contributed by atoms with van der Waals surface area (Å²) in [5, 5.41) is 0.658. The maximum atomic E-state index is 14.6. The van der Waals surface area contributed by atoms with Gasteiger partial charge < -0.3 is 14.2 Å². The molecule has 5 nitrogen and oxygen atoms in total. The molecule has 1 amide bonds. The number of hydrogen-bond donors (Lipinski definition) is 0. The maximum absolute atomic E-state index is 14.6. The van der Waals surface area contributed by atoms with Crippen molar-refractivity contribution in [3.05, 3.63) is 80.4 Å². The summed E-state index contributed by atoms with van der Waals surface area (Å²) < 4.78 is 20.4. The van der Waals surface area contributed by atoms with Gasteiger partial charge in [0.05, 0.1) is 17.0 Å². The van der Waals surface area contributed by atoms with Crippen LogP contribution in [0.2, 0.25) is 5.02 Å². The molecular weight excluding hydrogens is 383 g/mol. The number of nitrogens with zero attached hydrogens (tertiary/aromatic N) is 2. The summed E-state index contributed by atoms with van der Waals surface area (Å²) in [6.07, 6.45) is 0. The van der Waals surface area contributed by atoms with E-state index in [2.05, 4.69) is 0 Å². The molecule has 4 rings (SSSR count). The first-order chi connectivity index (χ1) is 13.4. The number of carbonyl (C=O) groups excluding carboxylic acids is 1. The molecule has 3 aromatic rings. The first-order valence-corrected chi connectivity index (χ1v) is 9.22. The van der Waals surface area contributed by atoms with E-state index < -0.39 is 17.8 Å². The van der Waals surface area contributed by atoms with E-state index in [1.807, 2.05) is 19.0 Å². The predicted molar refractivity (Wildman–Crippen MR) is 105 cm³/mol. The van der Waals surface area contributed by atoms with Gasteiger partial charge in [0.25, 0.3) is 5.91 Å². The third kappa shape index (κ3) is 2.99. The summed E-state index contributed by atoms with van der Waals surface area (Å²) >= 11 is 6.04. The summed E-state index contributed by atoms with van der Waals surface area (Å²) in [6, 6.07) is 9.99. The van der Waals surface area contributed by atoms with Crippen LogP contribution in [0.4, 0.5) is 4.39 Å². The lowest BCUT2D eigenvalue weighted by Crippen LogP contribution is -2.35. The van der Waals surface area contributed by atoms with E-state index >= 15 is 0 Å². The predicted octanol–water partition coefficient (Wildman–Crippen LogP) is 3.69. The van der Waals surface area contributed by atoms with Gasteiger partial charge in [-0.15, -0.1) is 0 Å². The van der Waals surface area contributed by atoms with E-state index in [1.165, 1.54) is 17.0 Å². The molecule has 1 unspecified atom stereocenters. The Morgan fingerprint density at radius 1 is 1.18 bits per heavy atom. The Labute approximate surface area is 165 Å². The fourth-order valence-electron chi connectivity index (χ4n) is 3.55. The highest BCUT2D eigenvalue weighted by molar-refractivity contribution is 6.31. The Bertz CT molecular complexity index is 1140. The highest BCUT2D eigenvalue weighted by Gasteiger charge is 2.43. The topological polar surface area (TPSA) is 53.8 Å². The lowest BCUT2D eigenvalue weighted by molar-refractivity contribution is 0.0714. The molecule has 0 saturated carbocycles. The number of halogens is 2. The van der Waals surface area contributed by atoms with Crippen LogP contribution in [0.15, 0.2) is 51.7 Å². The quantitative estimate of drug-likeness (QED) is 0.670. The zero-order valence-electron chi connectivity index (χ0n) is 15.4. The van der Waals surface area contributed by atoms with Gasteiger partial charge in [-0.2, -0.15) is 0 Å². The SMILES string of the molecule is CN(C)CCN1C(=O)c2oc3ccc(Cl)cc3c(=O)c2C1c1ccccc1F. The van der Waals surface area contributed by atoms with Crippen LogP contribution in [0.3, 0.4) is 0 Å². The molecule has 0 bridgehead atoms. The molecule has 144 valence electrons. The van der Waals surface area contributed by atoms with Gasteiger partial charge in [0.15, 0.2) is 5.43 Å². The van der Waals surface area contributed by atoms with Gasteiger partial charge in [0.1, 0.15) is 11.4 Å². The molecule has 1 atom stereocenters. The summed E-state index contributed by atoms with van der Waals surface area (Å²) in [6.45, 7) is 0.885. The average molecular weight is 401 g/mol. The van der Waals surface area contributed by atoms with E-state index in [9.17, 15) is 14.0 Å².